The van der Waals surface area contributed by atoms with Crippen LogP contribution in [0.15, 0.2) is 35.3 Å². The van der Waals surface area contributed by atoms with Crippen molar-refractivity contribution in [1.82, 2.24) is 20.5 Å². The largest absolute Gasteiger partial charge is 0.547 e. The number of hydrogen-bond donors (Lipinski definition) is 3. The van der Waals surface area contributed by atoms with E-state index < -0.39 is 11.6 Å². The van der Waals surface area contributed by atoms with E-state index in [2.05, 4.69) is 49.4 Å². The van der Waals surface area contributed by atoms with E-state index in [1.807, 2.05) is 24.3 Å². The third-order valence-electron chi connectivity index (χ3n) is 11.2. The van der Waals surface area contributed by atoms with Crippen LogP contribution >= 0.6 is 0 Å². The van der Waals surface area contributed by atoms with Crippen molar-refractivity contribution in [3.05, 3.63) is 58.4 Å². The zero-order valence-corrected chi connectivity index (χ0v) is 32.9. The lowest BCUT2D eigenvalue weighted by molar-refractivity contribution is -0.922. The highest BCUT2D eigenvalue weighted by atomic mass is 19.1. The molecule has 54 heavy (non-hydrogen) atoms. The number of halogens is 1. The predicted molar refractivity (Wildman–Crippen MR) is 201 cm³/mol. The standard InChI is InChI=1S/C37H50N6O4.C4H7FO2/c1-37(2,3)27-9-10-29-26(18-27)19-31-32(39-29)20-33(40-31)35(45)41-30(13-16-43-14-11-23(12-15-43)36(46)47-5)24-7-6-8-25(17-24)34(44)38-28-21-42(4)22-28;1-4(2,5)3(6)7/h6-8,17,19,23,27-28,30H,9-16,18,20-22H2,1-5H3,(H,38,44)(H,41,45);1-2H3,(H,6,7)/t27-,30+;/m0./s1. The number of fused-ring (bicyclic) bond motifs is 2. The number of ether oxygens (including phenoxy) is 1. The average Bonchev–Trinajstić information content (AvgIpc) is 3.54. The Labute approximate surface area is 318 Å². The van der Waals surface area contributed by atoms with Gasteiger partial charge in [0.2, 0.25) is 0 Å². The number of quaternary nitrogens is 1. The van der Waals surface area contributed by atoms with Gasteiger partial charge in [-0.15, -0.1) is 0 Å². The molecule has 0 radical (unpaired) electrons. The Morgan fingerprint density at radius 1 is 1.04 bits per heavy atom. The number of carboxylic acid groups (broad SMARTS) is 1. The number of amides is 2. The summed E-state index contributed by atoms with van der Waals surface area (Å²) in [6, 6.07) is 9.66. The summed E-state index contributed by atoms with van der Waals surface area (Å²) in [5, 5.41) is 16.0. The molecule has 0 bridgehead atoms. The van der Waals surface area contributed by atoms with Gasteiger partial charge >= 0.3 is 5.97 Å². The fourth-order valence-electron chi connectivity index (χ4n) is 7.62. The maximum absolute atomic E-state index is 13.8. The van der Waals surface area contributed by atoms with Crippen molar-refractivity contribution in [2.24, 2.45) is 22.2 Å². The van der Waals surface area contributed by atoms with Crippen molar-refractivity contribution in [3.63, 3.8) is 0 Å². The van der Waals surface area contributed by atoms with Crippen LogP contribution in [0.5, 0.6) is 0 Å². The van der Waals surface area contributed by atoms with Crippen molar-refractivity contribution < 1.29 is 38.3 Å². The van der Waals surface area contributed by atoms with Crippen LogP contribution in [0.1, 0.15) is 99.2 Å². The highest BCUT2D eigenvalue weighted by Gasteiger charge is 2.33. The van der Waals surface area contributed by atoms with Crippen LogP contribution in [0.25, 0.3) is 0 Å². The van der Waals surface area contributed by atoms with Gasteiger partial charge in [0.15, 0.2) is 0 Å². The fraction of sp³-hybridized carbons (Fsp3) is 0.610. The number of aliphatic imine (C=N–C) groups is 1. The van der Waals surface area contributed by atoms with E-state index in [0.29, 0.717) is 30.0 Å². The molecule has 4 aliphatic rings. The number of esters is 1. The fourth-order valence-corrected chi connectivity index (χ4v) is 7.62. The van der Waals surface area contributed by atoms with E-state index >= 15 is 0 Å². The molecule has 294 valence electrons. The molecule has 13 heteroatoms. The zero-order valence-electron chi connectivity index (χ0n) is 32.9. The second kappa shape index (κ2) is 17.1. The van der Waals surface area contributed by atoms with Crippen molar-refractivity contribution in [1.29, 1.82) is 0 Å². The number of hydrogen-bond acceptors (Lipinski definition) is 9. The van der Waals surface area contributed by atoms with Crippen LogP contribution in [0.4, 0.5) is 10.1 Å². The van der Waals surface area contributed by atoms with Crippen molar-refractivity contribution >= 4 is 35.2 Å². The monoisotopic (exact) mass is 748 g/mol. The number of benzene rings is 1. The molecule has 3 aliphatic heterocycles. The molecular weight excluding hydrogens is 691 g/mol. The summed E-state index contributed by atoms with van der Waals surface area (Å²) in [6.07, 6.45) is 5.71. The second-order valence-corrected chi connectivity index (χ2v) is 17.0. The predicted octanol–water partition coefficient (Wildman–Crippen LogP) is 2.10. The number of piperidine rings is 1. The van der Waals surface area contributed by atoms with Crippen LogP contribution in [-0.2, 0) is 38.4 Å². The Morgan fingerprint density at radius 2 is 1.72 bits per heavy atom. The third kappa shape index (κ3) is 10.5. The average molecular weight is 749 g/mol. The van der Waals surface area contributed by atoms with E-state index in [1.54, 1.807) is 0 Å². The van der Waals surface area contributed by atoms with Gasteiger partial charge in [-0.05, 0) is 106 Å². The first-order chi connectivity index (χ1) is 25.4. The van der Waals surface area contributed by atoms with Gasteiger partial charge in [0, 0.05) is 24.2 Å². The summed E-state index contributed by atoms with van der Waals surface area (Å²) in [5.41, 5.74) is 4.13. The van der Waals surface area contributed by atoms with Gasteiger partial charge in [0.25, 0.3) is 11.8 Å². The molecule has 1 aromatic carbocycles. The number of alkyl halides is 1. The summed E-state index contributed by atoms with van der Waals surface area (Å²) >= 11 is 0. The van der Waals surface area contributed by atoms with E-state index in [9.17, 15) is 28.7 Å². The number of aromatic nitrogens is 1. The molecule has 2 atom stereocenters. The van der Waals surface area contributed by atoms with E-state index in [1.165, 1.54) is 17.6 Å². The Balaban J connectivity index is 0.000000730. The molecule has 0 spiro atoms. The zero-order chi connectivity index (χ0) is 39.4. The number of nitrogens with one attached hydrogen (secondary N) is 3. The molecule has 2 saturated heterocycles. The maximum Gasteiger partial charge on any atom is 0.308 e. The minimum absolute atomic E-state index is 0.0559. The molecule has 2 fully saturated rings. The Kier molecular flexibility index (Phi) is 12.9. The number of aryl methyl sites for hydroxylation is 1. The van der Waals surface area contributed by atoms with Crippen molar-refractivity contribution in [2.75, 3.05) is 46.9 Å². The summed E-state index contributed by atoms with van der Waals surface area (Å²) in [7, 11) is 3.57. The number of nitrogens with zero attached hydrogens (tertiary/aromatic N) is 3. The van der Waals surface area contributed by atoms with Crippen LogP contribution in [-0.4, -0.2) is 97.9 Å². The molecular formula is C41H57FN6O6. The molecule has 0 unspecified atom stereocenters. The molecule has 1 aliphatic carbocycles. The first-order valence-corrected chi connectivity index (χ1v) is 19.2. The Bertz CT molecular complexity index is 1740. The van der Waals surface area contributed by atoms with E-state index in [-0.39, 0.29) is 41.2 Å². The normalized spacial score (nSPS) is 21.9. The van der Waals surface area contributed by atoms with E-state index in [0.717, 1.165) is 101 Å². The van der Waals surface area contributed by atoms with Gasteiger partial charge in [-0.2, -0.15) is 0 Å². The Hall–Kier alpha value is -4.23. The summed E-state index contributed by atoms with van der Waals surface area (Å²) in [5.74, 6) is -1.55. The lowest BCUT2D eigenvalue weighted by Gasteiger charge is -2.34. The summed E-state index contributed by atoms with van der Waals surface area (Å²) < 4.78 is 16.8. The number of likely N-dealkylation sites (N-methyl/N-ethyl adjacent to an activating group) is 1. The highest BCUT2D eigenvalue weighted by Crippen LogP contribution is 2.39. The smallest absolute Gasteiger partial charge is 0.308 e. The highest BCUT2D eigenvalue weighted by molar-refractivity contribution is 6.40. The second-order valence-electron chi connectivity index (χ2n) is 17.0. The Morgan fingerprint density at radius 3 is 2.33 bits per heavy atom. The van der Waals surface area contributed by atoms with Gasteiger partial charge in [-0.3, -0.25) is 19.4 Å². The quantitative estimate of drug-likeness (QED) is 0.312. The lowest BCUT2D eigenvalue weighted by Crippen LogP contribution is -3.19. The van der Waals surface area contributed by atoms with Crippen molar-refractivity contribution in [2.45, 2.75) is 97.3 Å². The first kappa shape index (κ1) is 40.9. The minimum atomic E-state index is -2.19. The first-order valence-electron chi connectivity index (χ1n) is 19.2. The van der Waals surface area contributed by atoms with Crippen LogP contribution in [0, 0.1) is 17.3 Å². The minimum Gasteiger partial charge on any atom is -0.547 e. The molecule has 0 saturated carbocycles. The van der Waals surface area contributed by atoms with Crippen LogP contribution < -0.4 is 20.6 Å². The molecule has 4 heterocycles. The number of aliphatic carboxylic acids is 1. The molecule has 3 N–H and O–H groups in total. The van der Waals surface area contributed by atoms with Gasteiger partial charge in [0.1, 0.15) is 30.5 Å². The summed E-state index contributed by atoms with van der Waals surface area (Å²) in [6.45, 7) is 13.0. The maximum atomic E-state index is 13.8. The number of carbonyl (C=O) groups is 4. The number of methoxy groups -OCH3 is 1. The van der Waals surface area contributed by atoms with Gasteiger partial charge in [-0.25, -0.2) is 9.38 Å². The third-order valence-corrected chi connectivity index (χ3v) is 11.2. The van der Waals surface area contributed by atoms with Crippen LogP contribution in [0.3, 0.4) is 0 Å². The molecule has 12 nitrogen and oxygen atoms in total. The van der Waals surface area contributed by atoms with E-state index in [4.69, 9.17) is 14.7 Å². The molecule has 2 aromatic rings. The molecule has 6 rings (SSSR count). The SMILES string of the molecule is CC(C)(F)C(=O)[O-].COC(=O)C1CCN(CC[C@@H](NC(=O)C2=Nc3cc4c(nc3C2)CC[C@H](C(C)(C)C)C4)c2cccc(C(=O)NC3C[NH+](C)C3)c2)CC1. The lowest BCUT2D eigenvalue weighted by atomic mass is 9.71. The van der Waals surface area contributed by atoms with Crippen molar-refractivity contribution in [3.8, 4) is 0 Å². The van der Waals surface area contributed by atoms with Gasteiger partial charge in [0.05, 0.1) is 43.5 Å². The number of carboxylic acids is 1. The van der Waals surface area contributed by atoms with Gasteiger partial charge in [-0.1, -0.05) is 32.9 Å². The summed E-state index contributed by atoms with van der Waals surface area (Å²) in [4.78, 5) is 62.0. The number of carbonyl (C=O) groups excluding carboxylic acids is 4. The number of pyridine rings is 1. The molecule has 2 amide bonds. The number of likely N-dealkylation sites (tertiary alicyclic amines) is 2. The van der Waals surface area contributed by atoms with Crippen LogP contribution in [0.2, 0.25) is 0 Å². The topological polar surface area (TPSA) is 158 Å². The number of rotatable bonds is 10. The molecule has 1 aromatic heterocycles. The van der Waals surface area contributed by atoms with Gasteiger partial charge < -0.3 is 35.1 Å².